The largest absolute Gasteiger partial charge is 0.368 e. The number of anilines is 1. The van der Waals surface area contributed by atoms with Gasteiger partial charge < -0.3 is 19.4 Å². The second-order valence-corrected chi connectivity index (χ2v) is 8.33. The van der Waals surface area contributed by atoms with Crippen LogP contribution in [-0.2, 0) is 19.1 Å². The van der Waals surface area contributed by atoms with Crippen LogP contribution in [0.4, 0.5) is 5.69 Å². The van der Waals surface area contributed by atoms with Crippen LogP contribution in [0.25, 0.3) is 0 Å². The van der Waals surface area contributed by atoms with Crippen molar-refractivity contribution in [2.75, 3.05) is 44.2 Å². The predicted molar refractivity (Wildman–Crippen MR) is 105 cm³/mol. The minimum atomic E-state index is -0.342. The lowest BCUT2D eigenvalue weighted by atomic mass is 10.1. The van der Waals surface area contributed by atoms with E-state index in [1.807, 2.05) is 24.7 Å². The number of rotatable bonds is 4. The summed E-state index contributed by atoms with van der Waals surface area (Å²) in [5.74, 6) is -0.343. The Morgan fingerprint density at radius 1 is 1.14 bits per heavy atom. The van der Waals surface area contributed by atoms with Gasteiger partial charge in [0.15, 0.2) is 0 Å². The SMILES string of the molecule is CC(C)n1cc(N2C[C@@H](C(=O)N3CCN(C(=O)[C@@H]4CCCO4)CC3)CC2=O)cn1. The highest BCUT2D eigenvalue weighted by Crippen LogP contribution is 2.27. The molecular formula is C20H29N5O4. The summed E-state index contributed by atoms with van der Waals surface area (Å²) in [5, 5.41) is 4.29. The Balaban J connectivity index is 1.32. The molecular weight excluding hydrogens is 374 g/mol. The van der Waals surface area contributed by atoms with E-state index in [0.717, 1.165) is 18.5 Å². The minimum Gasteiger partial charge on any atom is -0.368 e. The van der Waals surface area contributed by atoms with Crippen LogP contribution in [0, 0.1) is 5.92 Å². The van der Waals surface area contributed by atoms with E-state index in [9.17, 15) is 14.4 Å². The van der Waals surface area contributed by atoms with E-state index >= 15 is 0 Å². The molecule has 0 aliphatic carbocycles. The van der Waals surface area contributed by atoms with E-state index < -0.39 is 0 Å². The second kappa shape index (κ2) is 8.14. The average Bonchev–Trinajstić information content (AvgIpc) is 3.47. The monoisotopic (exact) mass is 403 g/mol. The molecule has 0 aromatic carbocycles. The highest BCUT2D eigenvalue weighted by atomic mass is 16.5. The van der Waals surface area contributed by atoms with Crippen molar-refractivity contribution in [3.8, 4) is 0 Å². The van der Waals surface area contributed by atoms with Gasteiger partial charge in [-0.15, -0.1) is 0 Å². The molecule has 0 unspecified atom stereocenters. The van der Waals surface area contributed by atoms with Gasteiger partial charge >= 0.3 is 0 Å². The topological polar surface area (TPSA) is 88.0 Å². The Hall–Kier alpha value is -2.42. The molecule has 0 N–H and O–H groups in total. The number of aromatic nitrogens is 2. The Morgan fingerprint density at radius 3 is 2.41 bits per heavy atom. The van der Waals surface area contributed by atoms with E-state index in [0.29, 0.717) is 39.3 Å². The van der Waals surface area contributed by atoms with E-state index in [2.05, 4.69) is 5.10 Å². The highest BCUT2D eigenvalue weighted by Gasteiger charge is 2.39. The summed E-state index contributed by atoms with van der Waals surface area (Å²) in [6, 6.07) is 0.215. The maximum Gasteiger partial charge on any atom is 0.251 e. The maximum absolute atomic E-state index is 13.0. The van der Waals surface area contributed by atoms with Crippen molar-refractivity contribution in [2.24, 2.45) is 5.92 Å². The predicted octanol–water partition coefficient (Wildman–Crippen LogP) is 0.667. The number of carbonyl (C=O) groups is 3. The lowest BCUT2D eigenvalue weighted by Crippen LogP contribution is -2.54. The number of piperazine rings is 1. The van der Waals surface area contributed by atoms with Crippen LogP contribution in [0.15, 0.2) is 12.4 Å². The van der Waals surface area contributed by atoms with Gasteiger partial charge in [0.05, 0.1) is 17.8 Å². The molecule has 0 bridgehead atoms. The summed E-state index contributed by atoms with van der Waals surface area (Å²) in [4.78, 5) is 43.2. The fourth-order valence-corrected chi connectivity index (χ4v) is 4.25. The van der Waals surface area contributed by atoms with Gasteiger partial charge in [-0.3, -0.25) is 19.1 Å². The molecule has 3 fully saturated rings. The molecule has 2 atom stereocenters. The zero-order chi connectivity index (χ0) is 20.5. The van der Waals surface area contributed by atoms with Gasteiger partial charge in [-0.25, -0.2) is 0 Å². The first-order valence-corrected chi connectivity index (χ1v) is 10.5. The summed E-state index contributed by atoms with van der Waals surface area (Å²) in [6.45, 7) is 7.15. The molecule has 9 heteroatoms. The first kappa shape index (κ1) is 19.9. The maximum atomic E-state index is 13.0. The molecule has 4 rings (SSSR count). The fraction of sp³-hybridized carbons (Fsp3) is 0.700. The van der Waals surface area contributed by atoms with Crippen LogP contribution < -0.4 is 4.90 Å². The number of hydrogen-bond donors (Lipinski definition) is 0. The molecule has 29 heavy (non-hydrogen) atoms. The van der Waals surface area contributed by atoms with Gasteiger partial charge in [0.1, 0.15) is 6.10 Å². The smallest absolute Gasteiger partial charge is 0.251 e. The lowest BCUT2D eigenvalue weighted by molar-refractivity contribution is -0.147. The summed E-state index contributed by atoms with van der Waals surface area (Å²) < 4.78 is 7.29. The number of hydrogen-bond acceptors (Lipinski definition) is 5. The molecule has 0 saturated carbocycles. The van der Waals surface area contributed by atoms with Crippen molar-refractivity contribution in [3.05, 3.63) is 12.4 Å². The quantitative estimate of drug-likeness (QED) is 0.737. The molecule has 4 heterocycles. The molecule has 0 radical (unpaired) electrons. The summed E-state index contributed by atoms with van der Waals surface area (Å²) >= 11 is 0. The molecule has 3 aliphatic heterocycles. The zero-order valence-corrected chi connectivity index (χ0v) is 17.1. The third kappa shape index (κ3) is 4.01. The second-order valence-electron chi connectivity index (χ2n) is 8.33. The highest BCUT2D eigenvalue weighted by molar-refractivity contribution is 6.00. The minimum absolute atomic E-state index is 0.00122. The fourth-order valence-electron chi connectivity index (χ4n) is 4.25. The van der Waals surface area contributed by atoms with Crippen molar-refractivity contribution < 1.29 is 19.1 Å². The van der Waals surface area contributed by atoms with Crippen LogP contribution in [0.3, 0.4) is 0 Å². The first-order chi connectivity index (χ1) is 13.9. The molecule has 3 aliphatic rings. The van der Waals surface area contributed by atoms with Crippen molar-refractivity contribution >= 4 is 23.4 Å². The van der Waals surface area contributed by atoms with Gasteiger partial charge in [-0.2, -0.15) is 5.10 Å². The number of ether oxygens (including phenoxy) is 1. The number of carbonyl (C=O) groups excluding carboxylic acids is 3. The summed E-state index contributed by atoms with van der Waals surface area (Å²) in [5.41, 5.74) is 0.742. The van der Waals surface area contributed by atoms with Gasteiger partial charge in [0.2, 0.25) is 11.8 Å². The Bertz CT molecular complexity index is 778. The van der Waals surface area contributed by atoms with E-state index in [1.165, 1.54) is 0 Å². The molecule has 3 saturated heterocycles. The molecule has 9 nitrogen and oxygen atoms in total. The van der Waals surface area contributed by atoms with E-state index in [1.54, 1.807) is 20.9 Å². The normalized spacial score (nSPS) is 25.3. The van der Waals surface area contributed by atoms with Crippen LogP contribution >= 0.6 is 0 Å². The van der Waals surface area contributed by atoms with Crippen LogP contribution in [0.1, 0.15) is 39.2 Å². The number of amides is 3. The molecule has 1 aromatic heterocycles. The number of nitrogens with zero attached hydrogens (tertiary/aromatic N) is 5. The van der Waals surface area contributed by atoms with E-state index in [4.69, 9.17) is 4.74 Å². The van der Waals surface area contributed by atoms with E-state index in [-0.39, 0.29) is 42.2 Å². The Kier molecular flexibility index (Phi) is 5.58. The summed E-state index contributed by atoms with van der Waals surface area (Å²) in [6.07, 6.45) is 5.15. The molecule has 3 amide bonds. The van der Waals surface area contributed by atoms with Crippen molar-refractivity contribution in [2.45, 2.75) is 45.3 Å². The molecule has 0 spiro atoms. The Labute approximate surface area is 170 Å². The molecule has 158 valence electrons. The van der Waals surface area contributed by atoms with Crippen LogP contribution in [0.2, 0.25) is 0 Å². The third-order valence-corrected chi connectivity index (χ3v) is 6.01. The van der Waals surface area contributed by atoms with Gasteiger partial charge in [-0.05, 0) is 26.7 Å². The first-order valence-electron chi connectivity index (χ1n) is 10.5. The Morgan fingerprint density at radius 2 is 1.83 bits per heavy atom. The molecule has 1 aromatic rings. The zero-order valence-electron chi connectivity index (χ0n) is 17.1. The van der Waals surface area contributed by atoms with Crippen LogP contribution in [-0.4, -0.2) is 82.7 Å². The van der Waals surface area contributed by atoms with Gasteiger partial charge in [0.25, 0.3) is 5.91 Å². The third-order valence-electron chi connectivity index (χ3n) is 6.01. The van der Waals surface area contributed by atoms with Gasteiger partial charge in [-0.1, -0.05) is 0 Å². The van der Waals surface area contributed by atoms with Crippen molar-refractivity contribution in [1.29, 1.82) is 0 Å². The lowest BCUT2D eigenvalue weighted by Gasteiger charge is -2.36. The average molecular weight is 403 g/mol. The van der Waals surface area contributed by atoms with Crippen molar-refractivity contribution in [3.63, 3.8) is 0 Å². The summed E-state index contributed by atoms with van der Waals surface area (Å²) in [7, 11) is 0. The van der Waals surface area contributed by atoms with Crippen LogP contribution in [0.5, 0.6) is 0 Å². The van der Waals surface area contributed by atoms with Gasteiger partial charge in [0, 0.05) is 58.0 Å². The van der Waals surface area contributed by atoms with Crippen molar-refractivity contribution in [1.82, 2.24) is 19.6 Å². The standard InChI is InChI=1S/C20H29N5O4/c1-14(2)25-13-16(11-21-25)24-12-15(10-18(24)26)19(27)22-5-7-23(8-6-22)20(28)17-4-3-9-29-17/h11,13-15,17H,3-10,12H2,1-2H3/t15-,17-/m0/s1.